The van der Waals surface area contributed by atoms with E-state index in [1.807, 2.05) is 103 Å². The molecule has 0 saturated heterocycles. The minimum absolute atomic E-state index is 0. The number of aromatic nitrogens is 3. The zero-order chi connectivity index (χ0) is 43.4. The van der Waals surface area contributed by atoms with Crippen LogP contribution in [0.15, 0.2) is 152 Å². The molecular weight excluding hydrogens is 890 g/mol. The van der Waals surface area contributed by atoms with Gasteiger partial charge in [-0.15, -0.1) is 29.3 Å². The molecule has 0 bridgehead atoms. The Hall–Kier alpha value is -5.57. The molecule has 0 unspecified atom stereocenters. The van der Waals surface area contributed by atoms with Crippen molar-refractivity contribution in [3.05, 3.63) is 180 Å². The van der Waals surface area contributed by atoms with Crippen molar-refractivity contribution in [2.75, 3.05) is 0 Å². The standard InChI is InChI=1S/C53H48N3O.Pt/c1-35-17-19-40(20-18-35)41-29-30-54-48(34-41)43-31-42(32-44(33-43)53(2,3)4)46-14-10-15-49-51(46)55-52(47-13-8-9-16-50(47)57)56(49)45-27-25-39(26-28-45)38-23-21-37(22-24-38)36-11-6-5-7-12-36;/h5-20,25-30,32-34,37-38,57H,21-24H2,1-4H3;/q-1;/i1D3,37D,38D;. The van der Waals surface area contributed by atoms with Crippen LogP contribution in [0.2, 0.25) is 0 Å². The smallest absolute Gasteiger partial charge is 0.148 e. The Morgan fingerprint density at radius 1 is 0.690 bits per heavy atom. The van der Waals surface area contributed by atoms with Gasteiger partial charge in [0.15, 0.2) is 0 Å². The molecule has 0 atom stereocenters. The van der Waals surface area contributed by atoms with E-state index in [4.69, 9.17) is 14.1 Å². The van der Waals surface area contributed by atoms with E-state index >= 15 is 0 Å². The topological polar surface area (TPSA) is 50.9 Å². The van der Waals surface area contributed by atoms with Gasteiger partial charge in [-0.3, -0.25) is 9.55 Å². The van der Waals surface area contributed by atoms with Gasteiger partial charge in [-0.05, 0) is 108 Å². The molecule has 2 aromatic heterocycles. The first-order chi connectivity index (χ1) is 29.6. The minimum atomic E-state index is -2.17. The van der Waals surface area contributed by atoms with Gasteiger partial charge in [0.25, 0.3) is 0 Å². The zero-order valence-corrected chi connectivity index (χ0v) is 35.1. The summed E-state index contributed by atoms with van der Waals surface area (Å²) < 4.78 is 44.2. The number of phenols is 1. The number of aryl methyl sites for hydroxylation is 1. The summed E-state index contributed by atoms with van der Waals surface area (Å²) in [5.74, 6) is -0.778. The summed E-state index contributed by atoms with van der Waals surface area (Å²) in [6.07, 6.45) is 4.20. The number of rotatable bonds is 7. The van der Waals surface area contributed by atoms with Gasteiger partial charge in [-0.2, -0.15) is 0 Å². The Balaban J connectivity index is 0.00000544. The van der Waals surface area contributed by atoms with Gasteiger partial charge < -0.3 is 5.11 Å². The molecule has 6 aromatic carbocycles. The fourth-order valence-corrected chi connectivity index (χ4v) is 8.08. The van der Waals surface area contributed by atoms with Gasteiger partial charge >= 0.3 is 0 Å². The molecule has 0 aliphatic heterocycles. The molecule has 1 saturated carbocycles. The molecule has 4 nitrogen and oxygen atoms in total. The van der Waals surface area contributed by atoms with E-state index in [2.05, 4.69) is 49.6 Å². The van der Waals surface area contributed by atoms with E-state index in [0.29, 0.717) is 42.6 Å². The van der Waals surface area contributed by atoms with Crippen LogP contribution in [0.5, 0.6) is 5.75 Å². The van der Waals surface area contributed by atoms with Crippen molar-refractivity contribution < 1.29 is 33.0 Å². The van der Waals surface area contributed by atoms with Crippen molar-refractivity contribution in [2.24, 2.45) is 0 Å². The number of pyridine rings is 1. The molecule has 292 valence electrons. The summed E-state index contributed by atoms with van der Waals surface area (Å²) in [4.78, 5) is 10.1. The second-order valence-corrected chi connectivity index (χ2v) is 16.0. The van der Waals surface area contributed by atoms with Crippen molar-refractivity contribution in [1.29, 1.82) is 0 Å². The van der Waals surface area contributed by atoms with E-state index in [9.17, 15) is 7.85 Å². The van der Waals surface area contributed by atoms with Crippen LogP contribution in [0.1, 0.15) is 87.4 Å². The maximum atomic E-state index is 11.2. The Morgan fingerprint density at radius 2 is 1.34 bits per heavy atom. The number of nitrogens with zero attached hydrogens (tertiary/aromatic N) is 3. The number of para-hydroxylation sites is 2. The van der Waals surface area contributed by atoms with Crippen LogP contribution in [0.25, 0.3) is 61.6 Å². The van der Waals surface area contributed by atoms with Crippen LogP contribution in [-0.4, -0.2) is 19.6 Å². The third-order valence-corrected chi connectivity index (χ3v) is 11.3. The van der Waals surface area contributed by atoms with Gasteiger partial charge in [0.05, 0.1) is 16.6 Å². The van der Waals surface area contributed by atoms with Gasteiger partial charge in [-0.1, -0.05) is 135 Å². The van der Waals surface area contributed by atoms with Crippen molar-refractivity contribution in [3.63, 3.8) is 0 Å². The van der Waals surface area contributed by atoms with Crippen LogP contribution >= 0.6 is 0 Å². The molecule has 0 radical (unpaired) electrons. The van der Waals surface area contributed by atoms with Crippen LogP contribution in [0.3, 0.4) is 0 Å². The van der Waals surface area contributed by atoms with Crippen molar-refractivity contribution >= 4 is 11.0 Å². The quantitative estimate of drug-likeness (QED) is 0.162. The first kappa shape index (κ1) is 33.4. The monoisotopic (exact) mass is 942 g/mol. The van der Waals surface area contributed by atoms with Gasteiger partial charge in [-0.25, -0.2) is 4.98 Å². The van der Waals surface area contributed by atoms with E-state index < -0.39 is 18.6 Å². The molecule has 1 aliphatic carbocycles. The Bertz CT molecular complexity index is 2910. The third kappa shape index (κ3) is 7.83. The Labute approximate surface area is 364 Å². The number of hydrogen-bond donors (Lipinski definition) is 1. The van der Waals surface area contributed by atoms with Crippen LogP contribution in [0, 0.1) is 12.9 Å². The Kier molecular flexibility index (Phi) is 9.42. The number of hydrogen-bond acceptors (Lipinski definition) is 3. The molecule has 1 fully saturated rings. The van der Waals surface area contributed by atoms with E-state index in [1.165, 1.54) is 0 Å². The fourth-order valence-electron chi connectivity index (χ4n) is 8.08. The second-order valence-electron chi connectivity index (χ2n) is 16.0. The summed E-state index contributed by atoms with van der Waals surface area (Å²) in [7, 11) is 0. The van der Waals surface area contributed by atoms with Gasteiger partial charge in [0.1, 0.15) is 11.6 Å². The summed E-state index contributed by atoms with van der Waals surface area (Å²) in [5, 5.41) is 11.2. The zero-order valence-electron chi connectivity index (χ0n) is 37.9. The average molecular weight is 943 g/mol. The normalized spacial score (nSPS) is 19.6. The van der Waals surface area contributed by atoms with E-state index in [1.54, 1.807) is 30.5 Å². The van der Waals surface area contributed by atoms with Crippen molar-refractivity contribution in [3.8, 4) is 56.3 Å². The number of phenolic OH excluding ortho intramolecular Hbond substituents is 1. The van der Waals surface area contributed by atoms with Crippen molar-refractivity contribution in [1.82, 2.24) is 14.5 Å². The number of fused-ring (bicyclic) bond motifs is 1. The molecule has 1 N–H and O–H groups in total. The number of imidazole rings is 1. The van der Waals surface area contributed by atoms with E-state index in [0.717, 1.165) is 66.9 Å². The van der Waals surface area contributed by atoms with E-state index in [-0.39, 0.29) is 32.2 Å². The first-order valence-electron chi connectivity index (χ1n) is 22.2. The molecule has 58 heavy (non-hydrogen) atoms. The molecule has 1 aliphatic rings. The second kappa shape index (κ2) is 16.4. The molecule has 0 amide bonds. The Morgan fingerprint density at radius 3 is 2.03 bits per heavy atom. The summed E-state index contributed by atoms with van der Waals surface area (Å²) in [5.41, 5.74) is 11.3. The number of aromatic hydroxyl groups is 1. The van der Waals surface area contributed by atoms with Gasteiger partial charge in [0, 0.05) is 45.5 Å². The predicted octanol–water partition coefficient (Wildman–Crippen LogP) is 13.6. The fraction of sp³-hybridized carbons (Fsp3) is 0.208. The van der Waals surface area contributed by atoms with Crippen molar-refractivity contribution in [2.45, 2.75) is 70.5 Å². The summed E-state index contributed by atoms with van der Waals surface area (Å²) in [6.45, 7) is 4.38. The molecule has 5 heteroatoms. The molecule has 0 spiro atoms. The first-order valence-corrected chi connectivity index (χ1v) is 19.7. The average Bonchev–Trinajstić information content (AvgIpc) is 3.67. The maximum Gasteiger partial charge on any atom is 0.148 e. The predicted molar refractivity (Wildman–Crippen MR) is 235 cm³/mol. The largest absolute Gasteiger partial charge is 0.507 e. The maximum absolute atomic E-state index is 11.2. The molecule has 8 aromatic rings. The summed E-state index contributed by atoms with van der Waals surface area (Å²) >= 11 is 0. The van der Waals surface area contributed by atoms with Crippen LogP contribution < -0.4 is 0 Å². The SMILES string of the molecule is [2H]C([2H])([2H])c1ccc(-c2ccnc(-c3[c-]c(-c4cccc5c4nc(-c4ccccc4O)n5-c4ccc(C5([2H])CCC([2H])(c6ccccc6)CC5)cc4)cc(C(C)(C)C)c3)c2)cc1.[Pt]. The van der Waals surface area contributed by atoms with Gasteiger partial charge in [0.2, 0.25) is 0 Å². The summed E-state index contributed by atoms with van der Waals surface area (Å²) in [6, 6.07) is 50.5. The molecular formula is C53H48N3OPt-. The molecule has 9 rings (SSSR count). The van der Waals surface area contributed by atoms with Crippen LogP contribution in [-0.2, 0) is 26.5 Å². The minimum Gasteiger partial charge on any atom is -0.507 e. The third-order valence-electron chi connectivity index (χ3n) is 11.3. The number of benzene rings is 6. The molecule has 2 heterocycles. The van der Waals surface area contributed by atoms with Crippen LogP contribution in [0.4, 0.5) is 0 Å².